The average Bonchev–Trinajstić information content (AvgIpc) is 2.88. The largest absolute Gasteiger partial charge is 0.509 e. The number of nitrogens with two attached hydrogens (primary N) is 1. The molecule has 4 aromatic carbocycles. The lowest BCUT2D eigenvalue weighted by molar-refractivity contribution is -0.116. The normalized spacial score (nSPS) is 18.6. The van der Waals surface area contributed by atoms with Crippen molar-refractivity contribution >= 4 is 45.6 Å². The Morgan fingerprint density at radius 3 is 2.33 bits per heavy atom. The predicted molar refractivity (Wildman–Crippen MR) is 144 cm³/mol. The zero-order valence-corrected chi connectivity index (χ0v) is 21.0. The number of halogens is 2. The summed E-state index contributed by atoms with van der Waals surface area (Å²) in [4.78, 5) is 14.8. The van der Waals surface area contributed by atoms with Crippen LogP contribution in [-0.4, -0.2) is 23.2 Å². The van der Waals surface area contributed by atoms with E-state index in [0.717, 1.165) is 16.3 Å². The number of nitrogens with zero attached hydrogens (tertiary/aromatic N) is 1. The second kappa shape index (κ2) is 9.26. The molecule has 5 rings (SSSR count). The third kappa shape index (κ3) is 4.14. The molecule has 7 heteroatoms. The van der Waals surface area contributed by atoms with E-state index in [1.54, 1.807) is 37.4 Å². The molecule has 0 spiro atoms. The Kier molecular flexibility index (Phi) is 6.27. The highest BCUT2D eigenvalue weighted by Crippen LogP contribution is 2.43. The van der Waals surface area contributed by atoms with Gasteiger partial charge in [-0.1, -0.05) is 77.8 Å². The summed E-state index contributed by atoms with van der Waals surface area (Å²) in [5.41, 5.74) is 7.67. The molecule has 182 valence electrons. The van der Waals surface area contributed by atoms with Crippen molar-refractivity contribution in [3.05, 3.63) is 123 Å². The van der Waals surface area contributed by atoms with Gasteiger partial charge in [0, 0.05) is 29.1 Å². The van der Waals surface area contributed by atoms with Gasteiger partial charge in [-0.05, 0) is 52.2 Å². The lowest BCUT2D eigenvalue weighted by Gasteiger charge is -2.36. The SMILES string of the molecule is CN1C(=O)C(=C(O)C(N)(Cc2ccc(Cl)cc2)c2ccc3ccccc3c2)C(O)c2ccc(Cl)cc21. The summed E-state index contributed by atoms with van der Waals surface area (Å²) < 4.78 is 0. The second-order valence-electron chi connectivity index (χ2n) is 9.07. The minimum atomic E-state index is -1.52. The third-order valence-corrected chi connectivity index (χ3v) is 7.28. The van der Waals surface area contributed by atoms with Gasteiger partial charge in [0.2, 0.25) is 0 Å². The van der Waals surface area contributed by atoms with Gasteiger partial charge in [0.15, 0.2) is 0 Å². The van der Waals surface area contributed by atoms with E-state index in [2.05, 4.69) is 0 Å². The van der Waals surface area contributed by atoms with Gasteiger partial charge in [0.05, 0.1) is 11.3 Å². The molecule has 0 saturated carbocycles. The molecule has 0 aromatic heterocycles. The second-order valence-corrected chi connectivity index (χ2v) is 9.94. The van der Waals surface area contributed by atoms with E-state index < -0.39 is 23.3 Å². The molecular formula is C29H24Cl2N2O3. The van der Waals surface area contributed by atoms with Crippen LogP contribution in [0.4, 0.5) is 5.69 Å². The van der Waals surface area contributed by atoms with E-state index >= 15 is 0 Å². The molecule has 36 heavy (non-hydrogen) atoms. The highest BCUT2D eigenvalue weighted by Gasteiger charge is 2.42. The van der Waals surface area contributed by atoms with Gasteiger partial charge in [0.1, 0.15) is 17.4 Å². The Hall–Kier alpha value is -3.35. The molecule has 0 radical (unpaired) electrons. The van der Waals surface area contributed by atoms with Gasteiger partial charge in [-0.25, -0.2) is 0 Å². The van der Waals surface area contributed by atoms with Gasteiger partial charge >= 0.3 is 0 Å². The quantitative estimate of drug-likeness (QED) is 0.226. The highest BCUT2D eigenvalue weighted by molar-refractivity contribution is 6.31. The number of fused-ring (bicyclic) bond motifs is 2. The van der Waals surface area contributed by atoms with Crippen LogP contribution in [0.3, 0.4) is 0 Å². The van der Waals surface area contributed by atoms with Crippen LogP contribution in [-0.2, 0) is 16.8 Å². The number of hydrogen-bond acceptors (Lipinski definition) is 4. The number of benzene rings is 4. The summed E-state index contributed by atoms with van der Waals surface area (Å²) in [6.45, 7) is 0. The van der Waals surface area contributed by atoms with Crippen molar-refractivity contribution in [3.63, 3.8) is 0 Å². The topological polar surface area (TPSA) is 86.8 Å². The first-order chi connectivity index (χ1) is 17.2. The number of rotatable bonds is 4. The van der Waals surface area contributed by atoms with Crippen molar-refractivity contribution in [1.29, 1.82) is 0 Å². The Bertz CT molecular complexity index is 1520. The summed E-state index contributed by atoms with van der Waals surface area (Å²) in [7, 11) is 1.57. The smallest absolute Gasteiger partial charge is 0.260 e. The fourth-order valence-electron chi connectivity index (χ4n) is 4.79. The first-order valence-electron chi connectivity index (χ1n) is 11.4. The third-order valence-electron chi connectivity index (χ3n) is 6.80. The van der Waals surface area contributed by atoms with Crippen LogP contribution in [0.25, 0.3) is 10.8 Å². The van der Waals surface area contributed by atoms with Crippen LogP contribution in [0, 0.1) is 0 Å². The summed E-state index contributed by atoms with van der Waals surface area (Å²) in [6, 6.07) is 25.5. The number of anilines is 1. The van der Waals surface area contributed by atoms with Crippen LogP contribution in [0.5, 0.6) is 0 Å². The molecular weight excluding hydrogens is 495 g/mol. The van der Waals surface area contributed by atoms with E-state index in [-0.39, 0.29) is 12.0 Å². The highest BCUT2D eigenvalue weighted by atomic mass is 35.5. The zero-order valence-electron chi connectivity index (χ0n) is 19.5. The monoisotopic (exact) mass is 518 g/mol. The summed E-state index contributed by atoms with van der Waals surface area (Å²) in [5.74, 6) is -0.945. The molecule has 1 amide bonds. The number of aliphatic hydroxyl groups is 2. The molecule has 0 fully saturated rings. The molecule has 2 atom stereocenters. The van der Waals surface area contributed by atoms with Crippen LogP contribution < -0.4 is 10.6 Å². The number of hydrogen-bond donors (Lipinski definition) is 3. The lowest BCUT2D eigenvalue weighted by atomic mass is 9.78. The summed E-state index contributed by atoms with van der Waals surface area (Å²) >= 11 is 12.2. The fourth-order valence-corrected chi connectivity index (χ4v) is 5.08. The van der Waals surface area contributed by atoms with E-state index in [9.17, 15) is 15.0 Å². The molecule has 5 nitrogen and oxygen atoms in total. The van der Waals surface area contributed by atoms with Gasteiger partial charge in [-0.3, -0.25) is 4.79 Å². The van der Waals surface area contributed by atoms with Crippen LogP contribution in [0.2, 0.25) is 10.0 Å². The Balaban J connectivity index is 1.72. The number of carbonyl (C=O) groups is 1. The van der Waals surface area contributed by atoms with E-state index in [1.807, 2.05) is 54.6 Å². The maximum Gasteiger partial charge on any atom is 0.260 e. The van der Waals surface area contributed by atoms with Crippen molar-refractivity contribution in [2.24, 2.45) is 5.73 Å². The van der Waals surface area contributed by atoms with E-state index in [0.29, 0.717) is 26.9 Å². The van der Waals surface area contributed by atoms with Crippen LogP contribution in [0.15, 0.2) is 96.3 Å². The first-order valence-corrected chi connectivity index (χ1v) is 12.2. The lowest BCUT2D eigenvalue weighted by Crippen LogP contribution is -2.45. The average molecular weight is 519 g/mol. The maximum atomic E-state index is 13.5. The molecule has 4 aromatic rings. The molecule has 2 unspecified atom stereocenters. The zero-order chi connectivity index (χ0) is 25.6. The molecule has 1 aliphatic rings. The predicted octanol–water partition coefficient (Wildman–Crippen LogP) is 6.07. The summed E-state index contributed by atoms with van der Waals surface area (Å²) in [6.07, 6.45) is -1.22. The number of amides is 1. The Morgan fingerprint density at radius 2 is 1.61 bits per heavy atom. The number of aliphatic hydroxyl groups excluding tert-OH is 2. The maximum absolute atomic E-state index is 13.5. The standard InChI is InChI=1S/C29H24Cl2N2O3/c1-33-24-15-22(31)12-13-23(24)26(34)25(28(33)36)27(35)29(32,16-17-6-10-21(30)11-7-17)20-9-8-18-4-2-3-5-19(18)14-20/h2-15,26,34-35H,16,32H2,1H3. The molecule has 0 aliphatic carbocycles. The minimum Gasteiger partial charge on any atom is -0.509 e. The van der Waals surface area contributed by atoms with Crippen molar-refractivity contribution in [3.8, 4) is 0 Å². The van der Waals surface area contributed by atoms with E-state index in [1.165, 1.54) is 4.90 Å². The molecule has 4 N–H and O–H groups in total. The molecule has 0 bridgehead atoms. The van der Waals surface area contributed by atoms with Gasteiger partial charge < -0.3 is 20.8 Å². The fraction of sp³-hybridized carbons (Fsp3) is 0.138. The van der Waals surface area contributed by atoms with Crippen molar-refractivity contribution in [2.45, 2.75) is 18.1 Å². The Morgan fingerprint density at radius 1 is 0.944 bits per heavy atom. The molecule has 1 heterocycles. The number of carbonyl (C=O) groups excluding carboxylic acids is 1. The van der Waals surface area contributed by atoms with Gasteiger partial charge in [-0.15, -0.1) is 0 Å². The van der Waals surface area contributed by atoms with Gasteiger partial charge in [0.25, 0.3) is 5.91 Å². The van der Waals surface area contributed by atoms with Crippen molar-refractivity contribution in [2.75, 3.05) is 11.9 Å². The first kappa shape index (κ1) is 24.3. The molecule has 1 aliphatic heterocycles. The molecule has 0 saturated heterocycles. The van der Waals surface area contributed by atoms with Gasteiger partial charge in [-0.2, -0.15) is 0 Å². The Labute approximate surface area is 219 Å². The van der Waals surface area contributed by atoms with Crippen LogP contribution >= 0.6 is 23.2 Å². The van der Waals surface area contributed by atoms with Crippen molar-refractivity contribution < 1.29 is 15.0 Å². The minimum absolute atomic E-state index is 0.162. The van der Waals surface area contributed by atoms with Crippen LogP contribution in [0.1, 0.15) is 22.8 Å². The van der Waals surface area contributed by atoms with Crippen molar-refractivity contribution in [1.82, 2.24) is 0 Å². The van der Waals surface area contributed by atoms with E-state index in [4.69, 9.17) is 28.9 Å². The summed E-state index contributed by atoms with van der Waals surface area (Å²) in [5, 5.41) is 26.0. The number of likely N-dealkylation sites (N-methyl/N-ethyl adjacent to an activating group) is 1.